The minimum Gasteiger partial charge on any atom is -0.489 e. The van der Waals surface area contributed by atoms with Gasteiger partial charge in [0, 0.05) is 48.8 Å². The van der Waals surface area contributed by atoms with Gasteiger partial charge < -0.3 is 9.84 Å². The normalized spacial score (nSPS) is 24.2. The van der Waals surface area contributed by atoms with E-state index in [9.17, 15) is 5.11 Å². The van der Waals surface area contributed by atoms with E-state index < -0.39 is 23.9 Å². The zero-order chi connectivity index (χ0) is 28.3. The van der Waals surface area contributed by atoms with Crippen LogP contribution in [0.1, 0.15) is 40.1 Å². The summed E-state index contributed by atoms with van der Waals surface area (Å²) >= 11 is 7.13. The Labute approximate surface area is 254 Å². The summed E-state index contributed by atoms with van der Waals surface area (Å²) in [4.78, 5) is 9.10. The van der Waals surface area contributed by atoms with Gasteiger partial charge in [-0.2, -0.15) is 0 Å². The summed E-state index contributed by atoms with van der Waals surface area (Å²) in [5.74, 6) is -3.54. The van der Waals surface area contributed by atoms with Gasteiger partial charge in [-0.15, -0.1) is 0 Å². The number of nitrogens with zero attached hydrogens (tertiary/aromatic N) is 3. The Hall–Kier alpha value is -2.43. The molecule has 2 heterocycles. The van der Waals surface area contributed by atoms with Crippen LogP contribution >= 0.6 is 31.9 Å². The highest BCUT2D eigenvalue weighted by atomic mass is 79.9. The van der Waals surface area contributed by atoms with E-state index in [2.05, 4.69) is 46.6 Å². The summed E-state index contributed by atoms with van der Waals surface area (Å²) in [5, 5.41) is 11.8. The third-order valence-electron chi connectivity index (χ3n) is 8.71. The number of aromatic nitrogens is 1. The van der Waals surface area contributed by atoms with Gasteiger partial charge in [0.05, 0.1) is 27.9 Å². The summed E-state index contributed by atoms with van der Waals surface area (Å²) in [7, 11) is 0. The molecule has 2 aliphatic carbocycles. The van der Waals surface area contributed by atoms with E-state index in [1.807, 2.05) is 66.7 Å². The largest absolute Gasteiger partial charge is 0.489 e. The van der Waals surface area contributed by atoms with E-state index in [4.69, 9.17) is 4.74 Å². The van der Waals surface area contributed by atoms with Crippen molar-refractivity contribution in [2.24, 2.45) is 0 Å². The van der Waals surface area contributed by atoms with Crippen molar-refractivity contribution in [3.8, 4) is 5.75 Å². The number of alkyl halides is 2. The smallest absolute Gasteiger partial charge is 0.263 e. The summed E-state index contributed by atoms with van der Waals surface area (Å²) in [6.07, 6.45) is 1.07. The van der Waals surface area contributed by atoms with Crippen molar-refractivity contribution in [2.75, 3.05) is 39.3 Å². The minimum atomic E-state index is -2.71. The van der Waals surface area contributed by atoms with Crippen LogP contribution in [-0.4, -0.2) is 71.2 Å². The van der Waals surface area contributed by atoms with Gasteiger partial charge in [-0.3, -0.25) is 14.8 Å². The third kappa shape index (κ3) is 4.79. The van der Waals surface area contributed by atoms with Gasteiger partial charge >= 0.3 is 0 Å². The molecule has 1 unspecified atom stereocenters. The molecule has 7 rings (SSSR count). The van der Waals surface area contributed by atoms with E-state index >= 15 is 8.78 Å². The Morgan fingerprint density at radius 3 is 2.12 bits per heavy atom. The number of pyridine rings is 1. The van der Waals surface area contributed by atoms with Crippen LogP contribution in [0.15, 0.2) is 81.9 Å². The van der Waals surface area contributed by atoms with Gasteiger partial charge in [0.1, 0.15) is 18.5 Å². The zero-order valence-corrected chi connectivity index (χ0v) is 25.4. The third-order valence-corrected chi connectivity index (χ3v) is 9.91. The molecule has 0 amide bonds. The molecule has 0 radical (unpaired) electrons. The van der Waals surface area contributed by atoms with Crippen molar-refractivity contribution >= 4 is 42.8 Å². The van der Waals surface area contributed by atoms with Crippen LogP contribution in [0, 0.1) is 0 Å². The Morgan fingerprint density at radius 2 is 1.49 bits per heavy atom. The Morgan fingerprint density at radius 1 is 0.878 bits per heavy atom. The van der Waals surface area contributed by atoms with Crippen molar-refractivity contribution < 1.29 is 18.6 Å². The van der Waals surface area contributed by atoms with Crippen molar-refractivity contribution in [3.63, 3.8) is 0 Å². The van der Waals surface area contributed by atoms with E-state index in [-0.39, 0.29) is 12.6 Å². The minimum absolute atomic E-state index is 0.0574. The molecule has 4 aromatic rings. The van der Waals surface area contributed by atoms with E-state index in [1.54, 1.807) is 6.20 Å². The van der Waals surface area contributed by atoms with E-state index in [0.29, 0.717) is 12.3 Å². The van der Waals surface area contributed by atoms with Gasteiger partial charge in [0.15, 0.2) is 0 Å². The lowest BCUT2D eigenvalue weighted by molar-refractivity contribution is 0.0399. The predicted molar refractivity (Wildman–Crippen MR) is 162 cm³/mol. The second kappa shape index (κ2) is 10.7. The molecule has 212 valence electrons. The molecule has 1 aromatic heterocycles. The van der Waals surface area contributed by atoms with Gasteiger partial charge in [0.2, 0.25) is 0 Å². The number of hydrogen-bond donors (Lipinski definition) is 1. The highest BCUT2D eigenvalue weighted by Gasteiger charge is 2.71. The fraction of sp³-hybridized carbons (Fsp3) is 0.344. The standard InChI is InChI=1S/C32H29Br2F2N3O2/c33-25-16-26(34)31(24-10-5-11-37-29(24)25)41-18-19(40)17-38-12-14-39(15-13-38)30-22-8-3-1-6-20(22)27-28(32(27,35)36)21-7-2-4-9-23(21)30/h1-11,16,19,27-28,30,40H,12-15,17-18H2/t19-,27-,28+,30?/m1/s1. The molecule has 41 heavy (non-hydrogen) atoms. The molecule has 0 spiro atoms. The van der Waals surface area contributed by atoms with Crippen molar-refractivity contribution in [3.05, 3.63) is 104 Å². The molecule has 9 heteroatoms. The molecule has 1 saturated carbocycles. The first-order valence-electron chi connectivity index (χ1n) is 13.9. The molecule has 2 fully saturated rings. The fourth-order valence-corrected chi connectivity index (χ4v) is 8.19. The Kier molecular flexibility index (Phi) is 7.14. The molecule has 3 aliphatic rings. The fourth-order valence-electron chi connectivity index (χ4n) is 6.78. The highest BCUT2D eigenvalue weighted by Crippen LogP contribution is 2.70. The summed E-state index contributed by atoms with van der Waals surface area (Å²) in [6, 6.07) is 21.2. The Balaban J connectivity index is 1.04. The number of aliphatic hydroxyl groups excluding tert-OH is 1. The lowest BCUT2D eigenvalue weighted by Gasteiger charge is -2.41. The quantitative estimate of drug-likeness (QED) is 0.244. The second-order valence-electron chi connectivity index (χ2n) is 11.2. The number of ether oxygens (including phenoxy) is 1. The molecular formula is C32H29Br2F2N3O2. The molecule has 1 saturated heterocycles. The number of β-amino-alcohol motifs (C(OH)–C–C–N with tert-alkyl or cyclic N) is 1. The summed E-state index contributed by atoms with van der Waals surface area (Å²) in [6.45, 7) is 3.76. The molecule has 1 aliphatic heterocycles. The van der Waals surface area contributed by atoms with Crippen LogP contribution in [0.25, 0.3) is 10.9 Å². The van der Waals surface area contributed by atoms with Crippen LogP contribution in [0.3, 0.4) is 0 Å². The van der Waals surface area contributed by atoms with Gasteiger partial charge in [-0.1, -0.05) is 48.5 Å². The average Bonchev–Trinajstić information content (AvgIpc) is 3.59. The summed E-state index contributed by atoms with van der Waals surface area (Å²) in [5.41, 5.74) is 4.35. The predicted octanol–water partition coefficient (Wildman–Crippen LogP) is 6.74. The first-order valence-corrected chi connectivity index (χ1v) is 15.5. The van der Waals surface area contributed by atoms with Gasteiger partial charge in [-0.25, -0.2) is 8.78 Å². The van der Waals surface area contributed by atoms with Crippen LogP contribution in [-0.2, 0) is 0 Å². The lowest BCUT2D eigenvalue weighted by Crippen LogP contribution is -2.50. The average molecular weight is 685 g/mol. The van der Waals surface area contributed by atoms with Gasteiger partial charge in [0.25, 0.3) is 5.92 Å². The first-order chi connectivity index (χ1) is 19.8. The SMILES string of the molecule is O[C@@H](COc1c(Br)cc(Br)c2ncccc12)CN1CCN(C2c3ccccc3[C@@H]3[C@H](c4ccccc42)C3(F)F)CC1. The van der Waals surface area contributed by atoms with Gasteiger partial charge in [-0.05, 0) is 72.3 Å². The van der Waals surface area contributed by atoms with Crippen molar-refractivity contribution in [2.45, 2.75) is 29.9 Å². The molecule has 0 bridgehead atoms. The van der Waals surface area contributed by atoms with E-state index in [0.717, 1.165) is 68.3 Å². The second-order valence-corrected chi connectivity index (χ2v) is 12.9. The summed E-state index contributed by atoms with van der Waals surface area (Å²) < 4.78 is 37.8. The van der Waals surface area contributed by atoms with Crippen molar-refractivity contribution in [1.82, 2.24) is 14.8 Å². The maximum Gasteiger partial charge on any atom is 0.263 e. The molecular weight excluding hydrogens is 656 g/mol. The van der Waals surface area contributed by atoms with Crippen LogP contribution in [0.2, 0.25) is 0 Å². The van der Waals surface area contributed by atoms with Crippen LogP contribution in [0.4, 0.5) is 8.78 Å². The monoisotopic (exact) mass is 683 g/mol. The number of fused-ring (bicyclic) bond motifs is 6. The maximum absolute atomic E-state index is 15.0. The molecule has 4 atom stereocenters. The lowest BCUT2D eigenvalue weighted by atomic mass is 9.90. The molecule has 5 nitrogen and oxygen atoms in total. The first kappa shape index (κ1) is 27.4. The number of hydrogen-bond acceptors (Lipinski definition) is 5. The zero-order valence-electron chi connectivity index (χ0n) is 22.2. The maximum atomic E-state index is 15.0. The van der Waals surface area contributed by atoms with Crippen LogP contribution < -0.4 is 4.74 Å². The van der Waals surface area contributed by atoms with E-state index in [1.165, 1.54) is 0 Å². The van der Waals surface area contributed by atoms with Crippen molar-refractivity contribution in [1.29, 1.82) is 0 Å². The number of halogens is 4. The Bertz CT molecular complexity index is 1560. The van der Waals surface area contributed by atoms with Crippen LogP contribution in [0.5, 0.6) is 5.75 Å². The number of aliphatic hydroxyl groups is 1. The number of rotatable bonds is 6. The topological polar surface area (TPSA) is 48.8 Å². The molecule has 1 N–H and O–H groups in total. The number of benzene rings is 3. The molecule has 3 aromatic carbocycles. The number of piperazine rings is 1. The highest BCUT2D eigenvalue weighted by molar-refractivity contribution is 9.11.